The second-order valence-corrected chi connectivity index (χ2v) is 8.23. The Bertz CT molecular complexity index is 1070. The Labute approximate surface area is 181 Å². The molecular weight excluding hydrogens is 392 g/mol. The van der Waals surface area contributed by atoms with E-state index in [0.717, 1.165) is 17.2 Å². The lowest BCUT2D eigenvalue weighted by molar-refractivity contribution is 0.143. The highest BCUT2D eigenvalue weighted by Crippen LogP contribution is 2.34. The normalized spacial score (nSPS) is 18.3. The first-order chi connectivity index (χ1) is 15.2. The van der Waals surface area contributed by atoms with Gasteiger partial charge in [0, 0.05) is 12.3 Å². The number of aromatic nitrogens is 2. The van der Waals surface area contributed by atoms with Crippen molar-refractivity contribution in [2.75, 3.05) is 6.61 Å². The third kappa shape index (κ3) is 4.74. The molecule has 6 heteroatoms. The molecule has 160 valence electrons. The third-order valence-electron chi connectivity index (χ3n) is 5.97. The third-order valence-corrected chi connectivity index (χ3v) is 5.97. The smallest absolute Gasteiger partial charge is 0.300 e. The number of hydrogen-bond donors (Lipinski definition) is 0. The van der Waals surface area contributed by atoms with E-state index in [1.54, 1.807) is 6.20 Å². The zero-order valence-corrected chi connectivity index (χ0v) is 17.4. The molecule has 0 radical (unpaired) electrons. The van der Waals surface area contributed by atoms with Crippen molar-refractivity contribution in [3.05, 3.63) is 76.7 Å². The second-order valence-electron chi connectivity index (χ2n) is 8.23. The minimum atomic E-state index is -0.299. The number of benzene rings is 2. The molecule has 1 saturated carbocycles. The Kier molecular flexibility index (Phi) is 5.61. The van der Waals surface area contributed by atoms with Gasteiger partial charge >= 0.3 is 0 Å². The van der Waals surface area contributed by atoms with Gasteiger partial charge in [0.05, 0.1) is 6.54 Å². The van der Waals surface area contributed by atoms with Crippen molar-refractivity contribution in [1.82, 2.24) is 9.55 Å². The van der Waals surface area contributed by atoms with E-state index in [1.807, 2.05) is 28.8 Å². The lowest BCUT2D eigenvalue weighted by Crippen LogP contribution is -2.23. The average molecular weight is 418 g/mol. The summed E-state index contributed by atoms with van der Waals surface area (Å²) >= 11 is 0. The van der Waals surface area contributed by atoms with Gasteiger partial charge in [0.15, 0.2) is 6.10 Å². The largest absolute Gasteiger partial charge is 0.490 e. The molecule has 0 saturated heterocycles. The number of fused-ring (bicyclic) bond motifs is 1. The molecular formula is C25H26N2O4. The van der Waals surface area contributed by atoms with Crippen molar-refractivity contribution in [2.24, 2.45) is 0 Å². The number of rotatable bonds is 6. The molecule has 0 unspecified atom stereocenters. The van der Waals surface area contributed by atoms with Gasteiger partial charge < -0.3 is 14.2 Å². The molecule has 6 nitrogen and oxygen atoms in total. The van der Waals surface area contributed by atoms with Gasteiger partial charge in [-0.05, 0) is 60.7 Å². The standard InChI is InChI=1S/C25H26N2O4/c28-24-14-15-27-16-23(31-25(27)26-24)17-29-20-10-12-22(13-11-20)30-21-8-6-19(7-9-21)18-4-2-1-3-5-18/h6-15,18,23H,1-5,16-17H2/t23-/m0/s1. The minimum absolute atomic E-state index is 0.173. The maximum Gasteiger partial charge on any atom is 0.300 e. The highest BCUT2D eigenvalue weighted by molar-refractivity contribution is 5.37. The lowest BCUT2D eigenvalue weighted by Gasteiger charge is -2.22. The van der Waals surface area contributed by atoms with Crippen molar-refractivity contribution in [3.8, 4) is 23.3 Å². The summed E-state index contributed by atoms with van der Waals surface area (Å²) in [5.74, 6) is 3.05. The van der Waals surface area contributed by atoms with Crippen LogP contribution in [0.25, 0.3) is 0 Å². The van der Waals surface area contributed by atoms with Crippen LogP contribution < -0.4 is 19.8 Å². The van der Waals surface area contributed by atoms with Crippen LogP contribution in [-0.4, -0.2) is 22.3 Å². The molecule has 1 aromatic heterocycles. The van der Waals surface area contributed by atoms with Crippen LogP contribution in [0.4, 0.5) is 0 Å². The van der Waals surface area contributed by atoms with Crippen LogP contribution in [0, 0.1) is 0 Å². The highest BCUT2D eigenvalue weighted by atomic mass is 16.6. The SMILES string of the molecule is O=c1ccn2c(n1)O[C@H](COc1ccc(Oc3ccc(C4CCCCC4)cc3)cc1)C2. The summed E-state index contributed by atoms with van der Waals surface area (Å²) in [5, 5.41) is 0. The van der Waals surface area contributed by atoms with E-state index in [0.29, 0.717) is 25.1 Å². The maximum absolute atomic E-state index is 11.3. The van der Waals surface area contributed by atoms with Gasteiger partial charge in [0.1, 0.15) is 23.9 Å². The van der Waals surface area contributed by atoms with Gasteiger partial charge in [0.25, 0.3) is 11.6 Å². The van der Waals surface area contributed by atoms with Gasteiger partial charge in [-0.3, -0.25) is 9.36 Å². The van der Waals surface area contributed by atoms with E-state index >= 15 is 0 Å². The Balaban J connectivity index is 1.13. The first kappa shape index (κ1) is 19.7. The molecule has 0 N–H and O–H groups in total. The van der Waals surface area contributed by atoms with E-state index < -0.39 is 0 Å². The van der Waals surface area contributed by atoms with Crippen LogP contribution in [0.15, 0.2) is 65.6 Å². The zero-order valence-electron chi connectivity index (χ0n) is 17.4. The van der Waals surface area contributed by atoms with E-state index in [9.17, 15) is 4.79 Å². The predicted octanol–water partition coefficient (Wildman–Crippen LogP) is 4.92. The highest BCUT2D eigenvalue weighted by Gasteiger charge is 2.23. The van der Waals surface area contributed by atoms with E-state index in [-0.39, 0.29) is 11.7 Å². The Morgan fingerprint density at radius 3 is 2.32 bits per heavy atom. The van der Waals surface area contributed by atoms with Crippen LogP contribution in [0.1, 0.15) is 43.6 Å². The lowest BCUT2D eigenvalue weighted by atomic mass is 9.84. The summed E-state index contributed by atoms with van der Waals surface area (Å²) in [6.07, 6.45) is 8.17. The number of hydrogen-bond acceptors (Lipinski definition) is 5. The Morgan fingerprint density at radius 2 is 1.58 bits per heavy atom. The quantitative estimate of drug-likeness (QED) is 0.568. The summed E-state index contributed by atoms with van der Waals surface area (Å²) in [4.78, 5) is 15.2. The minimum Gasteiger partial charge on any atom is -0.490 e. The van der Waals surface area contributed by atoms with Crippen LogP contribution >= 0.6 is 0 Å². The van der Waals surface area contributed by atoms with Crippen LogP contribution in [0.2, 0.25) is 0 Å². The Hall–Kier alpha value is -3.28. The number of nitrogens with zero attached hydrogens (tertiary/aromatic N) is 2. The first-order valence-electron chi connectivity index (χ1n) is 11.0. The molecule has 1 atom stereocenters. The van der Waals surface area contributed by atoms with Crippen LogP contribution in [0.5, 0.6) is 23.3 Å². The summed E-state index contributed by atoms with van der Waals surface area (Å²) in [6, 6.07) is 17.9. The molecule has 1 fully saturated rings. The molecule has 3 aromatic rings. The maximum atomic E-state index is 11.3. The predicted molar refractivity (Wildman–Crippen MR) is 117 cm³/mol. The van der Waals surface area contributed by atoms with Crippen molar-refractivity contribution in [3.63, 3.8) is 0 Å². The monoisotopic (exact) mass is 418 g/mol. The summed E-state index contributed by atoms with van der Waals surface area (Å²) in [6.45, 7) is 0.987. The number of ether oxygens (including phenoxy) is 3. The fraction of sp³-hybridized carbons (Fsp3) is 0.360. The second kappa shape index (κ2) is 8.84. The molecule has 5 rings (SSSR count). The molecule has 31 heavy (non-hydrogen) atoms. The van der Waals surface area contributed by atoms with E-state index in [4.69, 9.17) is 14.2 Å². The van der Waals surface area contributed by atoms with Crippen LogP contribution in [-0.2, 0) is 6.54 Å². The van der Waals surface area contributed by atoms with Crippen molar-refractivity contribution in [1.29, 1.82) is 0 Å². The molecule has 2 aliphatic rings. The molecule has 0 amide bonds. The zero-order chi connectivity index (χ0) is 21.0. The summed E-state index contributed by atoms with van der Waals surface area (Å²) in [5.41, 5.74) is 1.12. The van der Waals surface area contributed by atoms with Crippen LogP contribution in [0.3, 0.4) is 0 Å². The summed E-state index contributed by atoms with van der Waals surface area (Å²) in [7, 11) is 0. The molecule has 0 bridgehead atoms. The molecule has 1 aliphatic carbocycles. The van der Waals surface area contributed by atoms with Crippen molar-refractivity contribution < 1.29 is 14.2 Å². The van der Waals surface area contributed by atoms with E-state index in [2.05, 4.69) is 29.2 Å². The molecule has 0 spiro atoms. The van der Waals surface area contributed by atoms with Crippen molar-refractivity contribution >= 4 is 0 Å². The fourth-order valence-electron chi connectivity index (χ4n) is 4.31. The van der Waals surface area contributed by atoms with Crippen molar-refractivity contribution in [2.45, 2.75) is 50.7 Å². The molecule has 2 aromatic carbocycles. The first-order valence-corrected chi connectivity index (χ1v) is 11.0. The van der Waals surface area contributed by atoms with Gasteiger partial charge in [-0.25, -0.2) is 0 Å². The van der Waals surface area contributed by atoms with E-state index in [1.165, 1.54) is 43.7 Å². The molecule has 1 aliphatic heterocycles. The average Bonchev–Trinajstić information content (AvgIpc) is 3.22. The topological polar surface area (TPSA) is 62.6 Å². The van der Waals surface area contributed by atoms with Gasteiger partial charge in [-0.1, -0.05) is 31.4 Å². The van der Waals surface area contributed by atoms with Gasteiger partial charge in [-0.15, -0.1) is 0 Å². The summed E-state index contributed by atoms with van der Waals surface area (Å²) < 4.78 is 19.3. The van der Waals surface area contributed by atoms with Gasteiger partial charge in [0.2, 0.25) is 0 Å². The fourth-order valence-corrected chi connectivity index (χ4v) is 4.31. The Morgan fingerprint density at radius 1 is 0.903 bits per heavy atom. The molecule has 2 heterocycles. The van der Waals surface area contributed by atoms with Gasteiger partial charge in [-0.2, -0.15) is 4.98 Å².